The van der Waals surface area contributed by atoms with Gasteiger partial charge in [0, 0.05) is 18.7 Å². The second-order valence-corrected chi connectivity index (χ2v) is 4.12. The third-order valence-electron chi connectivity index (χ3n) is 2.29. The first-order chi connectivity index (χ1) is 8.13. The molecule has 0 saturated carbocycles. The standard InChI is InChI=1S/C12H15F2NOS/c13-10-5-4-9(8-11(10)14)2-1-3-12(16)15-6-7-17/h4-5,8,17H,1-3,6-7H2,(H,15,16). The Labute approximate surface area is 105 Å². The summed E-state index contributed by atoms with van der Waals surface area (Å²) in [5.41, 5.74) is 0.700. The zero-order valence-electron chi connectivity index (χ0n) is 9.38. The van der Waals surface area contributed by atoms with Gasteiger partial charge in [-0.2, -0.15) is 12.6 Å². The van der Waals surface area contributed by atoms with Gasteiger partial charge in [0.05, 0.1) is 0 Å². The van der Waals surface area contributed by atoms with Crippen LogP contribution in [-0.2, 0) is 11.2 Å². The SMILES string of the molecule is O=C(CCCc1ccc(F)c(F)c1)NCCS. The Bertz CT molecular complexity index is 385. The van der Waals surface area contributed by atoms with Gasteiger partial charge in [0.1, 0.15) is 0 Å². The molecule has 1 aromatic rings. The zero-order chi connectivity index (χ0) is 12.7. The predicted octanol–water partition coefficient (Wildman–Crippen LogP) is 2.33. The van der Waals surface area contributed by atoms with Gasteiger partial charge in [-0.25, -0.2) is 8.78 Å². The summed E-state index contributed by atoms with van der Waals surface area (Å²) in [5, 5.41) is 2.69. The smallest absolute Gasteiger partial charge is 0.220 e. The van der Waals surface area contributed by atoms with E-state index in [9.17, 15) is 13.6 Å². The van der Waals surface area contributed by atoms with Crippen LogP contribution in [0.4, 0.5) is 8.78 Å². The molecule has 0 bridgehead atoms. The summed E-state index contributed by atoms with van der Waals surface area (Å²) in [4.78, 5) is 11.2. The molecule has 1 amide bonds. The van der Waals surface area contributed by atoms with Crippen LogP contribution >= 0.6 is 12.6 Å². The molecule has 0 aromatic heterocycles. The van der Waals surface area contributed by atoms with Gasteiger partial charge in [-0.05, 0) is 30.5 Å². The summed E-state index contributed by atoms with van der Waals surface area (Å²) in [6.07, 6.45) is 1.56. The Morgan fingerprint density at radius 3 is 2.71 bits per heavy atom. The lowest BCUT2D eigenvalue weighted by molar-refractivity contribution is -0.121. The van der Waals surface area contributed by atoms with Gasteiger partial charge < -0.3 is 5.32 Å². The van der Waals surface area contributed by atoms with Crippen molar-refractivity contribution in [3.05, 3.63) is 35.4 Å². The summed E-state index contributed by atoms with van der Waals surface area (Å²) in [6, 6.07) is 3.80. The maximum Gasteiger partial charge on any atom is 0.220 e. The van der Waals surface area contributed by atoms with Gasteiger partial charge in [0.25, 0.3) is 0 Å². The fraction of sp³-hybridized carbons (Fsp3) is 0.417. The van der Waals surface area contributed by atoms with Crippen LogP contribution in [-0.4, -0.2) is 18.2 Å². The van der Waals surface area contributed by atoms with Gasteiger partial charge in [-0.3, -0.25) is 4.79 Å². The van der Waals surface area contributed by atoms with Crippen LogP contribution in [0.3, 0.4) is 0 Å². The van der Waals surface area contributed by atoms with Gasteiger partial charge in [0.2, 0.25) is 5.91 Å². The van der Waals surface area contributed by atoms with E-state index in [0.717, 1.165) is 6.07 Å². The molecular formula is C12H15F2NOS. The molecule has 0 saturated heterocycles. The molecule has 0 aliphatic carbocycles. The minimum atomic E-state index is -0.847. The van der Waals surface area contributed by atoms with Crippen molar-refractivity contribution in [2.24, 2.45) is 0 Å². The van der Waals surface area contributed by atoms with Crippen molar-refractivity contribution >= 4 is 18.5 Å². The molecule has 1 rings (SSSR count). The Morgan fingerprint density at radius 1 is 1.29 bits per heavy atom. The highest BCUT2D eigenvalue weighted by Gasteiger charge is 2.04. The Balaban J connectivity index is 2.30. The second-order valence-electron chi connectivity index (χ2n) is 3.68. The van der Waals surface area contributed by atoms with Crippen molar-refractivity contribution in [1.82, 2.24) is 5.32 Å². The molecule has 17 heavy (non-hydrogen) atoms. The molecule has 0 spiro atoms. The lowest BCUT2D eigenvalue weighted by atomic mass is 10.1. The summed E-state index contributed by atoms with van der Waals surface area (Å²) in [5.74, 6) is -1.13. The van der Waals surface area contributed by atoms with Crippen molar-refractivity contribution in [1.29, 1.82) is 0 Å². The Hall–Kier alpha value is -1.10. The van der Waals surface area contributed by atoms with Crippen LogP contribution < -0.4 is 5.32 Å². The minimum Gasteiger partial charge on any atom is -0.355 e. The largest absolute Gasteiger partial charge is 0.355 e. The number of hydrogen-bond acceptors (Lipinski definition) is 2. The highest BCUT2D eigenvalue weighted by Crippen LogP contribution is 2.11. The molecule has 0 aliphatic rings. The van der Waals surface area contributed by atoms with E-state index in [4.69, 9.17) is 0 Å². The average Bonchev–Trinajstić information content (AvgIpc) is 2.31. The molecule has 94 valence electrons. The molecule has 0 heterocycles. The first-order valence-electron chi connectivity index (χ1n) is 5.45. The van der Waals surface area contributed by atoms with Crippen LogP contribution in [0.1, 0.15) is 18.4 Å². The van der Waals surface area contributed by atoms with E-state index < -0.39 is 11.6 Å². The van der Waals surface area contributed by atoms with Crippen LogP contribution in [0.2, 0.25) is 0 Å². The van der Waals surface area contributed by atoms with Crippen molar-refractivity contribution in [2.75, 3.05) is 12.3 Å². The molecule has 1 N–H and O–H groups in total. The first kappa shape index (κ1) is 14.0. The number of halogens is 2. The number of amides is 1. The second kappa shape index (κ2) is 7.27. The fourth-order valence-corrected chi connectivity index (χ4v) is 1.54. The fourth-order valence-electron chi connectivity index (χ4n) is 1.43. The van der Waals surface area contributed by atoms with Crippen LogP contribution in [0.15, 0.2) is 18.2 Å². The zero-order valence-corrected chi connectivity index (χ0v) is 10.3. The Morgan fingerprint density at radius 2 is 2.06 bits per heavy atom. The highest BCUT2D eigenvalue weighted by atomic mass is 32.1. The van der Waals surface area contributed by atoms with Crippen molar-refractivity contribution in [3.8, 4) is 0 Å². The van der Waals surface area contributed by atoms with Crippen molar-refractivity contribution in [2.45, 2.75) is 19.3 Å². The molecule has 2 nitrogen and oxygen atoms in total. The predicted molar refractivity (Wildman–Crippen MR) is 66.2 cm³/mol. The van der Waals surface area contributed by atoms with Gasteiger partial charge >= 0.3 is 0 Å². The van der Waals surface area contributed by atoms with Crippen LogP contribution in [0.25, 0.3) is 0 Å². The molecule has 1 aromatic carbocycles. The molecule has 0 radical (unpaired) electrons. The Kier molecular flexibility index (Phi) is 5.97. The third kappa shape index (κ3) is 5.17. The summed E-state index contributed by atoms with van der Waals surface area (Å²) in [7, 11) is 0. The number of benzene rings is 1. The maximum atomic E-state index is 12.9. The number of rotatable bonds is 6. The molecule has 0 unspecified atom stereocenters. The lowest BCUT2D eigenvalue weighted by Gasteiger charge is -2.04. The van der Waals surface area contributed by atoms with Crippen molar-refractivity contribution < 1.29 is 13.6 Å². The average molecular weight is 259 g/mol. The number of carbonyl (C=O) groups excluding carboxylic acids is 1. The summed E-state index contributed by atoms with van der Waals surface area (Å²) >= 11 is 3.97. The van der Waals surface area contributed by atoms with E-state index in [2.05, 4.69) is 17.9 Å². The number of thiol groups is 1. The molecule has 5 heteroatoms. The third-order valence-corrected chi connectivity index (χ3v) is 2.51. The summed E-state index contributed by atoms with van der Waals surface area (Å²) < 4.78 is 25.5. The van der Waals surface area contributed by atoms with E-state index in [1.54, 1.807) is 0 Å². The van der Waals surface area contributed by atoms with Gasteiger partial charge in [0.15, 0.2) is 11.6 Å². The van der Waals surface area contributed by atoms with E-state index in [-0.39, 0.29) is 5.91 Å². The maximum absolute atomic E-state index is 12.9. The summed E-state index contributed by atoms with van der Waals surface area (Å²) in [6.45, 7) is 0.549. The monoisotopic (exact) mass is 259 g/mol. The van der Waals surface area contributed by atoms with Crippen LogP contribution in [0.5, 0.6) is 0 Å². The van der Waals surface area contributed by atoms with Crippen molar-refractivity contribution in [3.63, 3.8) is 0 Å². The van der Waals surface area contributed by atoms with Gasteiger partial charge in [-0.1, -0.05) is 6.07 Å². The number of hydrogen-bond donors (Lipinski definition) is 2. The molecule has 0 aliphatic heterocycles. The highest BCUT2D eigenvalue weighted by molar-refractivity contribution is 7.80. The molecule has 0 atom stereocenters. The van der Waals surface area contributed by atoms with Gasteiger partial charge in [-0.15, -0.1) is 0 Å². The molecular weight excluding hydrogens is 244 g/mol. The number of nitrogens with one attached hydrogen (secondary N) is 1. The minimum absolute atomic E-state index is 0.0402. The van der Waals surface area contributed by atoms with E-state index in [1.165, 1.54) is 12.1 Å². The first-order valence-corrected chi connectivity index (χ1v) is 6.08. The quantitative estimate of drug-likeness (QED) is 0.754. The topological polar surface area (TPSA) is 29.1 Å². The van der Waals surface area contributed by atoms with E-state index in [1.807, 2.05) is 0 Å². The van der Waals surface area contributed by atoms with E-state index >= 15 is 0 Å². The van der Waals surface area contributed by atoms with E-state index in [0.29, 0.717) is 37.1 Å². The van der Waals surface area contributed by atoms with Crippen LogP contribution in [0, 0.1) is 11.6 Å². The molecule has 0 fully saturated rings. The number of aryl methyl sites for hydroxylation is 1. The number of carbonyl (C=O) groups is 1. The lowest BCUT2D eigenvalue weighted by Crippen LogP contribution is -2.24. The normalized spacial score (nSPS) is 10.3.